The van der Waals surface area contributed by atoms with Crippen molar-refractivity contribution in [1.29, 1.82) is 5.26 Å². The van der Waals surface area contributed by atoms with Gasteiger partial charge < -0.3 is 4.74 Å². The standard InChI is InChI=1S/C20H15F3N4O2/c1-27-9-11-6-14(29-13-4-2-12(3-5-13)20(21,22)23)7-16(18(11)26-27)15-8-17(15)19(28)25-10-24/h2-7,9,15,17H,8H2,1H3,(H,25,28)/t15-,17+/m0/s1. The highest BCUT2D eigenvalue weighted by molar-refractivity contribution is 5.88. The number of aromatic nitrogens is 2. The Bertz CT molecular complexity index is 1130. The lowest BCUT2D eigenvalue weighted by Crippen LogP contribution is -2.19. The number of aryl methyl sites for hydroxylation is 1. The maximum atomic E-state index is 12.7. The number of benzene rings is 2. The average molecular weight is 400 g/mol. The summed E-state index contributed by atoms with van der Waals surface area (Å²) in [7, 11) is 1.77. The summed E-state index contributed by atoms with van der Waals surface area (Å²) in [6.45, 7) is 0. The molecule has 148 valence electrons. The fraction of sp³-hybridized carbons (Fsp3) is 0.250. The second-order valence-corrected chi connectivity index (χ2v) is 6.93. The zero-order valence-corrected chi connectivity index (χ0v) is 15.2. The molecule has 29 heavy (non-hydrogen) atoms. The van der Waals surface area contributed by atoms with E-state index >= 15 is 0 Å². The van der Waals surface area contributed by atoms with E-state index in [0.29, 0.717) is 12.2 Å². The van der Waals surface area contributed by atoms with Crippen LogP contribution < -0.4 is 10.1 Å². The molecule has 4 rings (SSSR count). The van der Waals surface area contributed by atoms with Crippen LogP contribution in [0.1, 0.15) is 23.5 Å². The number of halogens is 3. The Kier molecular flexibility index (Phi) is 4.42. The molecule has 1 fully saturated rings. The van der Waals surface area contributed by atoms with Crippen LogP contribution in [0, 0.1) is 17.4 Å². The van der Waals surface area contributed by atoms with Gasteiger partial charge in [-0.25, -0.2) is 0 Å². The lowest BCUT2D eigenvalue weighted by molar-refractivity contribution is -0.137. The van der Waals surface area contributed by atoms with E-state index in [1.165, 1.54) is 12.1 Å². The number of alkyl halides is 3. The van der Waals surface area contributed by atoms with Gasteiger partial charge in [0.15, 0.2) is 6.19 Å². The number of rotatable bonds is 4. The number of hydrogen-bond acceptors (Lipinski definition) is 4. The van der Waals surface area contributed by atoms with Crippen LogP contribution in [-0.2, 0) is 18.0 Å². The molecule has 2 aromatic carbocycles. The number of amides is 1. The van der Waals surface area contributed by atoms with E-state index in [9.17, 15) is 18.0 Å². The lowest BCUT2D eigenvalue weighted by Gasteiger charge is -2.10. The van der Waals surface area contributed by atoms with Gasteiger partial charge in [0.1, 0.15) is 11.5 Å². The molecule has 2 atom stereocenters. The molecule has 6 nitrogen and oxygen atoms in total. The van der Waals surface area contributed by atoms with Gasteiger partial charge >= 0.3 is 6.18 Å². The molecule has 1 heterocycles. The molecule has 1 amide bonds. The number of carbonyl (C=O) groups is 1. The highest BCUT2D eigenvalue weighted by Gasteiger charge is 2.45. The van der Waals surface area contributed by atoms with Crippen molar-refractivity contribution in [2.75, 3.05) is 0 Å². The summed E-state index contributed by atoms with van der Waals surface area (Å²) in [5, 5.41) is 16.0. The normalized spacial score (nSPS) is 18.3. The molecule has 1 N–H and O–H groups in total. The van der Waals surface area contributed by atoms with Gasteiger partial charge in [0.05, 0.1) is 11.1 Å². The van der Waals surface area contributed by atoms with E-state index in [1.807, 2.05) is 0 Å². The maximum Gasteiger partial charge on any atom is 0.416 e. The zero-order valence-electron chi connectivity index (χ0n) is 15.2. The van der Waals surface area contributed by atoms with E-state index in [2.05, 4.69) is 10.4 Å². The molecule has 9 heteroatoms. The van der Waals surface area contributed by atoms with E-state index in [-0.39, 0.29) is 23.5 Å². The minimum atomic E-state index is -4.41. The highest BCUT2D eigenvalue weighted by atomic mass is 19.4. The maximum absolute atomic E-state index is 12.7. The number of hydrogen-bond donors (Lipinski definition) is 1. The highest BCUT2D eigenvalue weighted by Crippen LogP contribution is 2.50. The quantitative estimate of drug-likeness (QED) is 0.529. The fourth-order valence-electron chi connectivity index (χ4n) is 3.42. The van der Waals surface area contributed by atoms with Crippen LogP contribution >= 0.6 is 0 Å². The molecule has 0 bridgehead atoms. The summed E-state index contributed by atoms with van der Waals surface area (Å²) < 4.78 is 45.6. The smallest absolute Gasteiger partial charge is 0.416 e. The predicted molar refractivity (Wildman–Crippen MR) is 96.8 cm³/mol. The Morgan fingerprint density at radius 2 is 2.00 bits per heavy atom. The van der Waals surface area contributed by atoms with Gasteiger partial charge in [-0.3, -0.25) is 14.8 Å². The van der Waals surface area contributed by atoms with Gasteiger partial charge in [0.25, 0.3) is 0 Å². The second-order valence-electron chi connectivity index (χ2n) is 6.93. The van der Waals surface area contributed by atoms with Crippen LogP contribution in [0.15, 0.2) is 42.6 Å². The van der Waals surface area contributed by atoms with E-state index in [4.69, 9.17) is 10.00 Å². The van der Waals surface area contributed by atoms with Gasteiger partial charge in [-0.15, -0.1) is 0 Å². The van der Waals surface area contributed by atoms with Crippen LogP contribution in [-0.4, -0.2) is 15.7 Å². The van der Waals surface area contributed by atoms with Gasteiger partial charge in [-0.2, -0.15) is 23.5 Å². The van der Waals surface area contributed by atoms with E-state index in [1.54, 1.807) is 36.3 Å². The summed E-state index contributed by atoms with van der Waals surface area (Å²) in [4.78, 5) is 11.9. The molecule has 0 unspecified atom stereocenters. The number of nitriles is 1. The minimum absolute atomic E-state index is 0.100. The molecule has 1 aliphatic rings. The van der Waals surface area contributed by atoms with Gasteiger partial charge in [0.2, 0.25) is 5.91 Å². The molecule has 0 radical (unpaired) electrons. The third-order valence-corrected chi connectivity index (χ3v) is 4.85. The Morgan fingerprint density at radius 1 is 1.28 bits per heavy atom. The average Bonchev–Trinajstić information content (AvgIpc) is 3.36. The van der Waals surface area contributed by atoms with Gasteiger partial charge in [-0.1, -0.05) is 0 Å². The summed E-state index contributed by atoms with van der Waals surface area (Å²) >= 11 is 0. The minimum Gasteiger partial charge on any atom is -0.457 e. The number of carbonyl (C=O) groups excluding carboxylic acids is 1. The number of nitrogens with zero attached hydrogens (tertiary/aromatic N) is 3. The van der Waals surface area contributed by atoms with Gasteiger partial charge in [0, 0.05) is 24.5 Å². The summed E-state index contributed by atoms with van der Waals surface area (Å²) in [5.41, 5.74) is 0.783. The van der Waals surface area contributed by atoms with Crippen LogP contribution in [0.3, 0.4) is 0 Å². The number of nitrogens with one attached hydrogen (secondary N) is 1. The fourth-order valence-corrected chi connectivity index (χ4v) is 3.42. The van der Waals surface area contributed by atoms with Crippen molar-refractivity contribution in [3.63, 3.8) is 0 Å². The first-order valence-corrected chi connectivity index (χ1v) is 8.77. The van der Waals surface area contributed by atoms with Gasteiger partial charge in [-0.05, 0) is 54.3 Å². The first-order chi connectivity index (χ1) is 13.8. The van der Waals surface area contributed by atoms with E-state index in [0.717, 1.165) is 28.6 Å². The van der Waals surface area contributed by atoms with Crippen LogP contribution in [0.5, 0.6) is 11.5 Å². The predicted octanol–water partition coefficient (Wildman–Crippen LogP) is 4.09. The van der Waals surface area contributed by atoms with Crippen LogP contribution in [0.4, 0.5) is 13.2 Å². The van der Waals surface area contributed by atoms with Crippen molar-refractivity contribution in [3.8, 4) is 17.7 Å². The van der Waals surface area contributed by atoms with Crippen molar-refractivity contribution in [2.24, 2.45) is 13.0 Å². The third-order valence-electron chi connectivity index (χ3n) is 4.85. The molecule has 1 aromatic heterocycles. The van der Waals surface area contributed by atoms with Crippen molar-refractivity contribution in [1.82, 2.24) is 15.1 Å². The Labute approximate surface area is 163 Å². The van der Waals surface area contributed by atoms with Crippen molar-refractivity contribution >= 4 is 16.8 Å². The largest absolute Gasteiger partial charge is 0.457 e. The SMILES string of the molecule is Cn1cc2cc(Oc3ccc(C(F)(F)F)cc3)cc([C@@H]3C[C@H]3C(=O)NC#N)c2n1. The second kappa shape index (κ2) is 6.81. The molecular formula is C20H15F3N4O2. The molecular weight excluding hydrogens is 385 g/mol. The van der Waals surface area contributed by atoms with Crippen LogP contribution in [0.2, 0.25) is 0 Å². The topological polar surface area (TPSA) is 79.9 Å². The lowest BCUT2D eigenvalue weighted by atomic mass is 10.0. The summed E-state index contributed by atoms with van der Waals surface area (Å²) in [5.74, 6) is -0.0536. The Morgan fingerprint density at radius 3 is 2.66 bits per heavy atom. The molecule has 1 aliphatic carbocycles. The number of fused-ring (bicyclic) bond motifs is 1. The summed E-state index contributed by atoms with van der Waals surface area (Å²) in [6, 6.07) is 7.93. The first kappa shape index (κ1) is 18.8. The van der Waals surface area contributed by atoms with Crippen molar-refractivity contribution in [2.45, 2.75) is 18.5 Å². The molecule has 0 spiro atoms. The molecule has 1 saturated carbocycles. The van der Waals surface area contributed by atoms with Crippen molar-refractivity contribution in [3.05, 3.63) is 53.7 Å². The van der Waals surface area contributed by atoms with Crippen molar-refractivity contribution < 1.29 is 22.7 Å². The molecule has 0 aliphatic heterocycles. The third kappa shape index (κ3) is 3.74. The number of ether oxygens (including phenoxy) is 1. The molecule has 0 saturated heterocycles. The first-order valence-electron chi connectivity index (χ1n) is 8.77. The summed E-state index contributed by atoms with van der Waals surface area (Å²) in [6.07, 6.45) is -0.391. The Hall–Kier alpha value is -3.54. The van der Waals surface area contributed by atoms with Crippen LogP contribution in [0.25, 0.3) is 10.9 Å². The zero-order chi connectivity index (χ0) is 20.8. The monoisotopic (exact) mass is 400 g/mol. The molecule has 3 aromatic rings. The van der Waals surface area contributed by atoms with E-state index < -0.39 is 11.7 Å². The Balaban J connectivity index is 1.64.